The van der Waals surface area contributed by atoms with Gasteiger partial charge in [-0.1, -0.05) is 87.7 Å². The zero-order valence-corrected chi connectivity index (χ0v) is 23.2. The maximum atomic E-state index is 13.9. The molecule has 0 aliphatic carbocycles. The molecule has 3 heterocycles. The van der Waals surface area contributed by atoms with E-state index in [0.717, 1.165) is 9.37 Å². The van der Waals surface area contributed by atoms with Gasteiger partial charge in [0, 0.05) is 32.4 Å². The quantitative estimate of drug-likeness (QED) is 0.253. The predicted octanol–water partition coefficient (Wildman–Crippen LogP) is 6.13. The zero-order valence-electron chi connectivity index (χ0n) is 20.1. The number of hydrogen-bond acceptors (Lipinski definition) is 5. The average molecular weight is 622 g/mol. The molecule has 0 saturated carbocycles. The van der Waals surface area contributed by atoms with E-state index in [1.165, 1.54) is 12.1 Å². The predicted molar refractivity (Wildman–Crippen MR) is 152 cm³/mol. The molecule has 4 unspecified atom stereocenters. The van der Waals surface area contributed by atoms with E-state index in [4.69, 9.17) is 23.2 Å². The second-order valence-electron chi connectivity index (χ2n) is 9.55. The van der Waals surface area contributed by atoms with E-state index in [1.807, 2.05) is 6.07 Å². The summed E-state index contributed by atoms with van der Waals surface area (Å²) in [5, 5.41) is 0.512. The molecule has 3 aromatic carbocycles. The molecule has 4 atom stereocenters. The molecule has 2 fully saturated rings. The summed E-state index contributed by atoms with van der Waals surface area (Å²) in [6, 6.07) is 18.6. The van der Waals surface area contributed by atoms with Crippen LogP contribution in [0.3, 0.4) is 0 Å². The SMILES string of the molecule is O=C(C1=CC2C3C(=O)N(c4ccc(Cl)cc4Cl)C(=O)C3C(C(=O)c3ccc(Br)cc3)N2C=C1)c1ccccc1. The summed E-state index contributed by atoms with van der Waals surface area (Å²) in [4.78, 5) is 57.8. The summed E-state index contributed by atoms with van der Waals surface area (Å²) >= 11 is 15.8. The molecule has 0 N–H and O–H groups in total. The van der Waals surface area contributed by atoms with Gasteiger partial charge in [0.25, 0.3) is 0 Å². The van der Waals surface area contributed by atoms with Crippen molar-refractivity contribution in [1.82, 2.24) is 4.90 Å². The van der Waals surface area contributed by atoms with E-state index < -0.39 is 35.7 Å². The van der Waals surface area contributed by atoms with Crippen molar-refractivity contribution in [3.63, 3.8) is 0 Å². The van der Waals surface area contributed by atoms with Crippen LogP contribution in [0.5, 0.6) is 0 Å². The lowest BCUT2D eigenvalue weighted by atomic mass is 9.85. The van der Waals surface area contributed by atoms with Crippen molar-refractivity contribution in [2.45, 2.75) is 12.1 Å². The Morgan fingerprint density at radius 3 is 2.21 bits per heavy atom. The summed E-state index contributed by atoms with van der Waals surface area (Å²) in [6.45, 7) is 0. The Labute approximate surface area is 242 Å². The summed E-state index contributed by atoms with van der Waals surface area (Å²) in [5.74, 6) is -3.36. The normalized spacial score (nSPS) is 23.5. The van der Waals surface area contributed by atoms with Crippen LogP contribution in [0.1, 0.15) is 20.7 Å². The van der Waals surface area contributed by atoms with Crippen molar-refractivity contribution < 1.29 is 19.2 Å². The summed E-state index contributed by atoms with van der Waals surface area (Å²) in [5.41, 5.74) is 1.51. The van der Waals surface area contributed by atoms with Crippen LogP contribution in [0.4, 0.5) is 5.69 Å². The highest BCUT2D eigenvalue weighted by Gasteiger charge is 2.63. The lowest BCUT2D eigenvalue weighted by molar-refractivity contribution is -0.123. The Hall–Kier alpha value is -3.52. The van der Waals surface area contributed by atoms with Crippen LogP contribution in [-0.4, -0.2) is 40.4 Å². The topological polar surface area (TPSA) is 74.8 Å². The number of rotatable bonds is 5. The molecule has 0 aromatic heterocycles. The summed E-state index contributed by atoms with van der Waals surface area (Å²) < 4.78 is 0.807. The van der Waals surface area contributed by atoms with E-state index >= 15 is 0 Å². The van der Waals surface area contributed by atoms with Gasteiger partial charge in [0.1, 0.15) is 6.04 Å². The van der Waals surface area contributed by atoms with E-state index in [1.54, 1.807) is 77.8 Å². The maximum absolute atomic E-state index is 13.9. The van der Waals surface area contributed by atoms with Gasteiger partial charge in [-0.25, -0.2) is 4.90 Å². The number of imide groups is 1. The fraction of sp³-hybridized carbons (Fsp3) is 0.133. The van der Waals surface area contributed by atoms with Gasteiger partial charge in [-0.15, -0.1) is 0 Å². The van der Waals surface area contributed by atoms with Crippen molar-refractivity contribution >= 4 is 68.2 Å². The van der Waals surface area contributed by atoms with E-state index in [2.05, 4.69) is 15.9 Å². The Morgan fingerprint density at radius 1 is 0.821 bits per heavy atom. The van der Waals surface area contributed by atoms with Gasteiger partial charge in [0.05, 0.1) is 28.6 Å². The molecule has 0 spiro atoms. The molecule has 39 heavy (non-hydrogen) atoms. The molecule has 0 radical (unpaired) electrons. The van der Waals surface area contributed by atoms with Crippen molar-refractivity contribution in [2.24, 2.45) is 11.8 Å². The number of halogens is 3. The Kier molecular flexibility index (Phi) is 6.53. The van der Waals surface area contributed by atoms with Crippen LogP contribution in [0, 0.1) is 11.8 Å². The smallest absolute Gasteiger partial charge is 0.240 e. The molecule has 0 bridgehead atoms. The number of benzene rings is 3. The van der Waals surface area contributed by atoms with Crippen molar-refractivity contribution in [2.75, 3.05) is 4.90 Å². The number of ketones is 2. The van der Waals surface area contributed by atoms with Crippen LogP contribution in [0.25, 0.3) is 0 Å². The third-order valence-electron chi connectivity index (χ3n) is 7.39. The third kappa shape index (κ3) is 4.25. The van der Waals surface area contributed by atoms with E-state index in [9.17, 15) is 19.2 Å². The first-order valence-corrected chi connectivity index (χ1v) is 13.7. The maximum Gasteiger partial charge on any atom is 0.240 e. The summed E-state index contributed by atoms with van der Waals surface area (Å²) in [6.07, 6.45) is 4.98. The first-order chi connectivity index (χ1) is 18.8. The number of allylic oxidation sites excluding steroid dienone is 2. The molecule has 6 nitrogen and oxygen atoms in total. The van der Waals surface area contributed by atoms with E-state index in [-0.39, 0.29) is 22.3 Å². The Morgan fingerprint density at radius 2 is 1.51 bits per heavy atom. The molecule has 3 aliphatic heterocycles. The van der Waals surface area contributed by atoms with Gasteiger partial charge in [-0.2, -0.15) is 0 Å². The molecular weight excluding hydrogens is 603 g/mol. The van der Waals surface area contributed by atoms with Gasteiger partial charge in [0.15, 0.2) is 11.6 Å². The van der Waals surface area contributed by atoms with E-state index in [0.29, 0.717) is 21.7 Å². The number of carbonyl (C=O) groups excluding carboxylic acids is 4. The van der Waals surface area contributed by atoms with Crippen LogP contribution in [-0.2, 0) is 9.59 Å². The standard InChI is InChI=1S/C30H19BrCl2N2O4/c31-19-8-6-17(7-9-19)28(37)26-25-24(29(38)35(30(25)39)22-11-10-20(32)15-21(22)33)23-14-18(12-13-34(23)26)27(36)16-4-2-1-3-5-16/h1-15,23-26H. The number of anilines is 1. The number of carbonyl (C=O) groups is 4. The summed E-state index contributed by atoms with van der Waals surface area (Å²) in [7, 11) is 0. The minimum Gasteiger partial charge on any atom is -0.359 e. The number of amides is 2. The first kappa shape index (κ1) is 25.7. The lowest BCUT2D eigenvalue weighted by Gasteiger charge is -2.33. The van der Waals surface area contributed by atoms with Gasteiger partial charge in [-0.3, -0.25) is 19.2 Å². The largest absolute Gasteiger partial charge is 0.359 e. The number of Topliss-reactive ketones (excluding diaryl/α,β-unsaturated/α-hetero) is 2. The highest BCUT2D eigenvalue weighted by molar-refractivity contribution is 9.10. The fourth-order valence-corrected chi connectivity index (χ4v) is 6.40. The average Bonchev–Trinajstić information content (AvgIpc) is 3.40. The molecule has 194 valence electrons. The third-order valence-corrected chi connectivity index (χ3v) is 8.46. The molecule has 9 heteroatoms. The van der Waals surface area contributed by atoms with Crippen LogP contribution < -0.4 is 4.90 Å². The van der Waals surface area contributed by atoms with Gasteiger partial charge >= 0.3 is 0 Å². The van der Waals surface area contributed by atoms with Crippen LogP contribution in [0.15, 0.2) is 101 Å². The molecule has 3 aliphatic rings. The number of hydrogen-bond donors (Lipinski definition) is 0. The van der Waals surface area contributed by atoms with Crippen molar-refractivity contribution in [1.29, 1.82) is 0 Å². The number of fused-ring (bicyclic) bond motifs is 3. The van der Waals surface area contributed by atoms with Gasteiger partial charge in [0.2, 0.25) is 11.8 Å². The highest BCUT2D eigenvalue weighted by Crippen LogP contribution is 2.48. The second kappa shape index (κ2) is 9.90. The minimum absolute atomic E-state index is 0.149. The minimum atomic E-state index is -0.975. The van der Waals surface area contributed by atoms with Crippen LogP contribution >= 0.6 is 39.1 Å². The second-order valence-corrected chi connectivity index (χ2v) is 11.3. The Bertz CT molecular complexity index is 1600. The first-order valence-electron chi connectivity index (χ1n) is 12.2. The fourth-order valence-electron chi connectivity index (χ4n) is 5.64. The highest BCUT2D eigenvalue weighted by atomic mass is 79.9. The van der Waals surface area contributed by atoms with Gasteiger partial charge < -0.3 is 4.90 Å². The molecule has 3 aromatic rings. The van der Waals surface area contributed by atoms with Gasteiger partial charge in [-0.05, 0) is 36.4 Å². The Balaban J connectivity index is 1.44. The molecular formula is C30H19BrCl2N2O4. The van der Waals surface area contributed by atoms with Crippen LogP contribution in [0.2, 0.25) is 10.0 Å². The van der Waals surface area contributed by atoms with Crippen molar-refractivity contribution in [3.8, 4) is 0 Å². The molecule has 2 amide bonds. The monoisotopic (exact) mass is 620 g/mol. The molecule has 2 saturated heterocycles. The van der Waals surface area contributed by atoms with Crippen molar-refractivity contribution in [3.05, 3.63) is 122 Å². The lowest BCUT2D eigenvalue weighted by Crippen LogP contribution is -2.46. The number of nitrogens with zero attached hydrogens (tertiary/aromatic N) is 2. The molecule has 6 rings (SSSR count). The zero-order chi connectivity index (χ0) is 27.4.